The van der Waals surface area contributed by atoms with Gasteiger partial charge in [-0.1, -0.05) is 35.9 Å². The van der Waals surface area contributed by atoms with Gasteiger partial charge in [0.25, 0.3) is 0 Å². The standard InChI is InChI=1S/C17H15ClN2O/c18-16-5-1-15(2-6-16)12-21-17-7-3-14(4-8-17)11-20-10-9-19-13-20/h1-10,13H,11-12H2. The van der Waals surface area contributed by atoms with Crippen LogP contribution in [0.4, 0.5) is 0 Å². The van der Waals surface area contributed by atoms with Crippen LogP contribution in [0.25, 0.3) is 0 Å². The molecule has 0 radical (unpaired) electrons. The van der Waals surface area contributed by atoms with E-state index < -0.39 is 0 Å². The van der Waals surface area contributed by atoms with Gasteiger partial charge in [0, 0.05) is 24.0 Å². The molecule has 1 heterocycles. The van der Waals surface area contributed by atoms with Gasteiger partial charge < -0.3 is 9.30 Å². The van der Waals surface area contributed by atoms with Gasteiger partial charge in [-0.05, 0) is 35.4 Å². The number of ether oxygens (including phenoxy) is 1. The lowest BCUT2D eigenvalue weighted by atomic mass is 10.2. The Labute approximate surface area is 128 Å². The third-order valence-electron chi connectivity index (χ3n) is 3.17. The summed E-state index contributed by atoms with van der Waals surface area (Å²) in [6.07, 6.45) is 5.54. The maximum Gasteiger partial charge on any atom is 0.119 e. The van der Waals surface area contributed by atoms with Crippen molar-refractivity contribution in [1.29, 1.82) is 0 Å². The van der Waals surface area contributed by atoms with Crippen LogP contribution in [0, 0.1) is 0 Å². The summed E-state index contributed by atoms with van der Waals surface area (Å²) in [5, 5.41) is 0.739. The third-order valence-corrected chi connectivity index (χ3v) is 3.42. The highest BCUT2D eigenvalue weighted by Gasteiger charge is 1.98. The molecule has 0 spiro atoms. The highest BCUT2D eigenvalue weighted by molar-refractivity contribution is 6.30. The number of benzene rings is 2. The monoisotopic (exact) mass is 298 g/mol. The third kappa shape index (κ3) is 3.86. The molecule has 4 heteroatoms. The van der Waals surface area contributed by atoms with Gasteiger partial charge in [0.1, 0.15) is 12.4 Å². The number of imidazole rings is 1. The van der Waals surface area contributed by atoms with Crippen molar-refractivity contribution in [2.24, 2.45) is 0 Å². The van der Waals surface area contributed by atoms with Crippen LogP contribution in [0.3, 0.4) is 0 Å². The van der Waals surface area contributed by atoms with Crippen LogP contribution in [0.5, 0.6) is 5.75 Å². The van der Waals surface area contributed by atoms with Crippen LogP contribution in [-0.4, -0.2) is 9.55 Å². The molecule has 21 heavy (non-hydrogen) atoms. The molecule has 0 aliphatic rings. The summed E-state index contributed by atoms with van der Waals surface area (Å²) in [4.78, 5) is 4.03. The van der Waals surface area contributed by atoms with Crippen molar-refractivity contribution >= 4 is 11.6 Å². The van der Waals surface area contributed by atoms with Crippen molar-refractivity contribution in [3.8, 4) is 5.75 Å². The summed E-state index contributed by atoms with van der Waals surface area (Å²) >= 11 is 5.86. The minimum atomic E-state index is 0.540. The van der Waals surface area contributed by atoms with Crippen molar-refractivity contribution in [2.45, 2.75) is 13.2 Å². The van der Waals surface area contributed by atoms with Gasteiger partial charge in [-0.3, -0.25) is 0 Å². The average molecular weight is 299 g/mol. The molecule has 2 aromatic carbocycles. The highest BCUT2D eigenvalue weighted by atomic mass is 35.5. The molecule has 3 rings (SSSR count). The van der Waals surface area contributed by atoms with Gasteiger partial charge in [0.15, 0.2) is 0 Å². The first-order valence-electron chi connectivity index (χ1n) is 6.71. The second-order valence-corrected chi connectivity index (χ2v) is 5.23. The Kier molecular flexibility index (Phi) is 4.22. The van der Waals surface area contributed by atoms with Gasteiger partial charge in [0.2, 0.25) is 0 Å². The smallest absolute Gasteiger partial charge is 0.119 e. The number of hydrogen-bond acceptors (Lipinski definition) is 2. The van der Waals surface area contributed by atoms with Crippen LogP contribution in [-0.2, 0) is 13.2 Å². The van der Waals surface area contributed by atoms with E-state index in [0.29, 0.717) is 6.61 Å². The van der Waals surface area contributed by atoms with Crippen molar-refractivity contribution in [1.82, 2.24) is 9.55 Å². The predicted molar refractivity (Wildman–Crippen MR) is 83.6 cm³/mol. The molecule has 0 atom stereocenters. The van der Waals surface area contributed by atoms with Gasteiger partial charge >= 0.3 is 0 Å². The Balaban J connectivity index is 1.58. The fraction of sp³-hybridized carbons (Fsp3) is 0.118. The largest absolute Gasteiger partial charge is 0.489 e. The molecule has 106 valence electrons. The lowest BCUT2D eigenvalue weighted by Crippen LogP contribution is -1.98. The number of halogens is 1. The van der Waals surface area contributed by atoms with Crippen molar-refractivity contribution < 1.29 is 4.74 Å². The average Bonchev–Trinajstić information content (AvgIpc) is 3.01. The molecule has 0 unspecified atom stereocenters. The summed E-state index contributed by atoms with van der Waals surface area (Å²) in [7, 11) is 0. The first-order chi connectivity index (χ1) is 10.3. The highest BCUT2D eigenvalue weighted by Crippen LogP contribution is 2.16. The number of nitrogens with zero attached hydrogens (tertiary/aromatic N) is 2. The van der Waals surface area contributed by atoms with Crippen molar-refractivity contribution in [3.05, 3.63) is 83.4 Å². The second-order valence-electron chi connectivity index (χ2n) is 4.79. The van der Waals surface area contributed by atoms with E-state index >= 15 is 0 Å². The molecule has 3 aromatic rings. The Hall–Kier alpha value is -2.26. The summed E-state index contributed by atoms with van der Waals surface area (Å²) in [5.74, 6) is 0.860. The van der Waals surface area contributed by atoms with Crippen LogP contribution in [0.1, 0.15) is 11.1 Å². The van der Waals surface area contributed by atoms with Crippen LogP contribution >= 0.6 is 11.6 Å². The topological polar surface area (TPSA) is 27.1 Å². The number of aromatic nitrogens is 2. The van der Waals surface area contributed by atoms with Gasteiger partial charge in [-0.15, -0.1) is 0 Å². The summed E-state index contributed by atoms with van der Waals surface area (Å²) in [6, 6.07) is 15.8. The molecular formula is C17H15ClN2O. The van der Waals surface area contributed by atoms with E-state index in [2.05, 4.69) is 17.1 Å². The van der Waals surface area contributed by atoms with Gasteiger partial charge in [0.05, 0.1) is 6.33 Å². The first-order valence-corrected chi connectivity index (χ1v) is 7.09. The van der Waals surface area contributed by atoms with E-state index in [-0.39, 0.29) is 0 Å². The van der Waals surface area contributed by atoms with E-state index in [1.54, 1.807) is 6.20 Å². The number of hydrogen-bond donors (Lipinski definition) is 0. The predicted octanol–water partition coefficient (Wildman–Crippen LogP) is 4.16. The van der Waals surface area contributed by atoms with Crippen molar-refractivity contribution in [3.63, 3.8) is 0 Å². The van der Waals surface area contributed by atoms with Gasteiger partial charge in [-0.2, -0.15) is 0 Å². The summed E-state index contributed by atoms with van der Waals surface area (Å²) in [6.45, 7) is 1.36. The Morgan fingerprint density at radius 2 is 1.67 bits per heavy atom. The Morgan fingerprint density at radius 1 is 0.952 bits per heavy atom. The molecule has 3 nitrogen and oxygen atoms in total. The van der Waals surface area contributed by atoms with Crippen LogP contribution in [0.15, 0.2) is 67.3 Å². The zero-order valence-corrected chi connectivity index (χ0v) is 12.2. The molecule has 0 saturated heterocycles. The molecule has 0 aliphatic heterocycles. The van der Waals surface area contributed by atoms with E-state index in [0.717, 1.165) is 22.9 Å². The van der Waals surface area contributed by atoms with Crippen molar-refractivity contribution in [2.75, 3.05) is 0 Å². The maximum absolute atomic E-state index is 5.86. The van der Waals surface area contributed by atoms with E-state index in [9.17, 15) is 0 Å². The second kappa shape index (κ2) is 6.46. The minimum absolute atomic E-state index is 0.540. The van der Waals surface area contributed by atoms with E-state index in [1.807, 2.05) is 53.5 Å². The summed E-state index contributed by atoms with van der Waals surface area (Å²) in [5.41, 5.74) is 2.31. The lowest BCUT2D eigenvalue weighted by molar-refractivity contribution is 0.306. The molecule has 0 amide bonds. The van der Waals surface area contributed by atoms with E-state index in [1.165, 1.54) is 5.56 Å². The minimum Gasteiger partial charge on any atom is -0.489 e. The first kappa shape index (κ1) is 13.7. The maximum atomic E-state index is 5.86. The zero-order valence-electron chi connectivity index (χ0n) is 11.4. The molecule has 0 N–H and O–H groups in total. The lowest BCUT2D eigenvalue weighted by Gasteiger charge is -2.08. The molecule has 1 aromatic heterocycles. The molecule has 0 aliphatic carbocycles. The summed E-state index contributed by atoms with van der Waals surface area (Å²) < 4.78 is 7.79. The quantitative estimate of drug-likeness (QED) is 0.707. The molecule has 0 saturated carbocycles. The molecule has 0 bridgehead atoms. The fourth-order valence-corrected chi connectivity index (χ4v) is 2.16. The molecule has 0 fully saturated rings. The van der Waals surface area contributed by atoms with Gasteiger partial charge in [-0.25, -0.2) is 4.98 Å². The molecular weight excluding hydrogens is 284 g/mol. The zero-order chi connectivity index (χ0) is 14.5. The normalized spacial score (nSPS) is 10.5. The van der Waals surface area contributed by atoms with Crippen LogP contribution < -0.4 is 4.74 Å². The fourth-order valence-electron chi connectivity index (χ4n) is 2.03. The number of rotatable bonds is 5. The van der Waals surface area contributed by atoms with Crippen LogP contribution in [0.2, 0.25) is 5.02 Å². The Morgan fingerprint density at radius 3 is 2.33 bits per heavy atom. The Bertz CT molecular complexity index is 676. The SMILES string of the molecule is Clc1ccc(COc2ccc(Cn3ccnc3)cc2)cc1. The van der Waals surface area contributed by atoms with E-state index in [4.69, 9.17) is 16.3 Å².